The van der Waals surface area contributed by atoms with Crippen LogP contribution < -0.4 is 10.2 Å². The molecule has 24 heavy (non-hydrogen) atoms. The Morgan fingerprint density at radius 3 is 2.67 bits per heavy atom. The van der Waals surface area contributed by atoms with Crippen LogP contribution in [-0.2, 0) is 11.2 Å². The molecule has 122 valence electrons. The Morgan fingerprint density at radius 2 is 2.04 bits per heavy atom. The molecular weight excluding hydrogens is 322 g/mol. The maximum atomic E-state index is 12.1. The molecule has 0 saturated heterocycles. The normalized spacial score (nSPS) is 17.6. The predicted molar refractivity (Wildman–Crippen MR) is 94.2 cm³/mol. The van der Waals surface area contributed by atoms with Crippen molar-refractivity contribution in [2.75, 3.05) is 4.90 Å². The maximum Gasteiger partial charge on any atom is 0.266 e. The summed E-state index contributed by atoms with van der Waals surface area (Å²) in [5.74, 6) is 1.33. The van der Waals surface area contributed by atoms with Crippen LogP contribution >= 0.6 is 12.6 Å². The molecule has 6 heteroatoms. The second-order valence-electron chi connectivity index (χ2n) is 5.56. The Kier molecular flexibility index (Phi) is 4.63. The van der Waals surface area contributed by atoms with Gasteiger partial charge in [-0.3, -0.25) is 4.79 Å². The molecule has 0 aliphatic carbocycles. The number of carbonyl (C=O) groups excluding carboxylic acids is 1. The second-order valence-corrected chi connectivity index (χ2v) is 5.98. The lowest BCUT2D eigenvalue weighted by Crippen LogP contribution is -2.52. The molecule has 1 amide bonds. The number of nitrogens with one attached hydrogen (secondary N) is 1. The first-order chi connectivity index (χ1) is 11.6. The van der Waals surface area contributed by atoms with Gasteiger partial charge in [0.1, 0.15) is 29.3 Å². The molecule has 0 unspecified atom stereocenters. The maximum absolute atomic E-state index is 12.1. The Morgan fingerprint density at radius 1 is 1.29 bits per heavy atom. The van der Waals surface area contributed by atoms with E-state index in [0.29, 0.717) is 17.9 Å². The molecule has 1 atom stereocenters. The number of aryl methyl sites for hydroxylation is 2. The van der Waals surface area contributed by atoms with E-state index < -0.39 is 5.91 Å². The summed E-state index contributed by atoms with van der Waals surface area (Å²) < 4.78 is 5.60. The molecule has 0 spiro atoms. The molecule has 0 saturated carbocycles. The van der Waals surface area contributed by atoms with Gasteiger partial charge >= 0.3 is 0 Å². The lowest BCUT2D eigenvalue weighted by Gasteiger charge is -2.37. The van der Waals surface area contributed by atoms with E-state index in [1.54, 1.807) is 0 Å². The van der Waals surface area contributed by atoms with Gasteiger partial charge in [-0.05, 0) is 37.6 Å². The zero-order chi connectivity index (χ0) is 17.1. The van der Waals surface area contributed by atoms with Crippen molar-refractivity contribution in [3.63, 3.8) is 0 Å². The van der Waals surface area contributed by atoms with Crippen molar-refractivity contribution < 1.29 is 9.21 Å². The minimum atomic E-state index is -0.393. The second kappa shape index (κ2) is 6.85. The lowest BCUT2D eigenvalue weighted by molar-refractivity contribution is -0.118. The summed E-state index contributed by atoms with van der Waals surface area (Å²) in [6.07, 6.45) is 1.01. The van der Waals surface area contributed by atoms with E-state index in [-0.39, 0.29) is 11.7 Å². The highest BCUT2D eigenvalue weighted by Crippen LogP contribution is 2.30. The Balaban J connectivity index is 1.90. The zero-order valence-corrected chi connectivity index (χ0v) is 14.1. The Hall–Kier alpha value is -2.65. The number of hydrogen-bond acceptors (Lipinski definition) is 5. The van der Waals surface area contributed by atoms with Gasteiger partial charge in [0.2, 0.25) is 0 Å². The van der Waals surface area contributed by atoms with Crippen LogP contribution in [-0.4, -0.2) is 12.1 Å². The largest absolute Gasteiger partial charge is 0.466 e. The van der Waals surface area contributed by atoms with Crippen molar-refractivity contribution in [1.29, 1.82) is 5.26 Å². The topological polar surface area (TPSA) is 69.3 Å². The third-order valence-corrected chi connectivity index (χ3v) is 4.33. The van der Waals surface area contributed by atoms with Gasteiger partial charge in [-0.25, -0.2) is 0 Å². The summed E-state index contributed by atoms with van der Waals surface area (Å²) in [6, 6.07) is 15.4. The third-order valence-electron chi connectivity index (χ3n) is 3.89. The molecule has 1 aliphatic rings. The van der Waals surface area contributed by atoms with Gasteiger partial charge in [-0.2, -0.15) is 5.26 Å². The highest BCUT2D eigenvalue weighted by molar-refractivity contribution is 7.84. The van der Waals surface area contributed by atoms with E-state index in [1.807, 2.05) is 60.4 Å². The van der Waals surface area contributed by atoms with Crippen molar-refractivity contribution in [1.82, 2.24) is 5.32 Å². The average molecular weight is 339 g/mol. The Labute approximate surface area is 146 Å². The zero-order valence-electron chi connectivity index (χ0n) is 13.2. The lowest BCUT2D eigenvalue weighted by atomic mass is 10.1. The molecule has 5 nitrogen and oxygen atoms in total. The van der Waals surface area contributed by atoms with Crippen LogP contribution in [0, 0.1) is 18.3 Å². The number of amides is 1. The molecule has 1 aromatic heterocycles. The fraction of sp³-hybridized carbons (Fsp3) is 0.222. The first-order valence-electron chi connectivity index (χ1n) is 7.64. The third kappa shape index (κ3) is 3.17. The average Bonchev–Trinajstić information content (AvgIpc) is 2.99. The highest BCUT2D eigenvalue weighted by Gasteiger charge is 2.32. The molecule has 1 N–H and O–H groups in total. The molecule has 1 aliphatic heterocycles. The van der Waals surface area contributed by atoms with Gasteiger partial charge in [0.15, 0.2) is 0 Å². The number of para-hydroxylation sites is 1. The van der Waals surface area contributed by atoms with Crippen LogP contribution in [0.2, 0.25) is 0 Å². The van der Waals surface area contributed by atoms with E-state index in [0.717, 1.165) is 17.2 Å². The number of nitriles is 1. The minimum absolute atomic E-state index is 0.0206. The van der Waals surface area contributed by atoms with Gasteiger partial charge in [0.05, 0.1) is 5.03 Å². The number of nitrogens with zero attached hydrogens (tertiary/aromatic N) is 2. The number of furan rings is 1. The van der Waals surface area contributed by atoms with Crippen LogP contribution in [0.1, 0.15) is 17.9 Å². The summed E-state index contributed by atoms with van der Waals surface area (Å²) in [4.78, 5) is 14.0. The van der Waals surface area contributed by atoms with Crippen LogP contribution in [0.15, 0.2) is 57.5 Å². The van der Waals surface area contributed by atoms with Crippen molar-refractivity contribution in [3.8, 4) is 6.07 Å². The predicted octanol–water partition coefficient (Wildman–Crippen LogP) is 3.15. The molecule has 0 fully saturated rings. The van der Waals surface area contributed by atoms with Crippen LogP contribution in [0.3, 0.4) is 0 Å². The molecular formula is C18H17N3O2S. The summed E-state index contributed by atoms with van der Waals surface area (Å²) in [5.41, 5.74) is 0.892. The van der Waals surface area contributed by atoms with Gasteiger partial charge in [-0.1, -0.05) is 18.2 Å². The number of hydrogen-bond donors (Lipinski definition) is 2. The molecule has 1 aromatic carbocycles. The van der Waals surface area contributed by atoms with Gasteiger partial charge in [0.25, 0.3) is 5.91 Å². The molecule has 2 heterocycles. The van der Waals surface area contributed by atoms with Crippen LogP contribution in [0.5, 0.6) is 0 Å². The van der Waals surface area contributed by atoms with Crippen molar-refractivity contribution in [2.45, 2.75) is 25.9 Å². The molecule has 2 aromatic rings. The summed E-state index contributed by atoms with van der Waals surface area (Å²) in [7, 11) is 0. The van der Waals surface area contributed by atoms with E-state index in [9.17, 15) is 10.1 Å². The first-order valence-corrected chi connectivity index (χ1v) is 8.08. The van der Waals surface area contributed by atoms with Gasteiger partial charge in [0, 0.05) is 12.1 Å². The Bertz CT molecular complexity index is 820. The number of rotatable bonds is 4. The van der Waals surface area contributed by atoms with E-state index in [4.69, 9.17) is 4.42 Å². The summed E-state index contributed by atoms with van der Waals surface area (Å²) in [5, 5.41) is 12.5. The van der Waals surface area contributed by atoms with Crippen molar-refractivity contribution >= 4 is 24.2 Å². The number of benzene rings is 1. The summed E-state index contributed by atoms with van der Waals surface area (Å²) >= 11 is 4.44. The molecule has 0 radical (unpaired) electrons. The SMILES string of the molecule is Cc1ccc(CC[C@@H]2NC(=O)C(C#N)=C(S)N2c2ccccc2)o1. The summed E-state index contributed by atoms with van der Waals surface area (Å²) in [6.45, 7) is 1.90. The standard InChI is InChI=1S/C18H17N3O2S/c1-12-7-8-14(23-12)9-10-16-20-17(22)15(11-19)18(24)21(16)13-5-3-2-4-6-13/h2-8,16,24H,9-10H2,1H3,(H,20,22)/t16-/m1/s1. The number of thiol groups is 1. The monoisotopic (exact) mass is 339 g/mol. The minimum Gasteiger partial charge on any atom is -0.466 e. The van der Waals surface area contributed by atoms with Crippen molar-refractivity contribution in [3.05, 3.63) is 64.6 Å². The molecule has 3 rings (SSSR count). The van der Waals surface area contributed by atoms with Crippen LogP contribution in [0.25, 0.3) is 0 Å². The first kappa shape index (κ1) is 16.2. The smallest absolute Gasteiger partial charge is 0.266 e. The highest BCUT2D eigenvalue weighted by atomic mass is 32.1. The fourth-order valence-electron chi connectivity index (χ4n) is 2.75. The quantitative estimate of drug-likeness (QED) is 0.840. The number of carbonyl (C=O) groups is 1. The molecule has 0 bridgehead atoms. The van der Waals surface area contributed by atoms with E-state index in [1.165, 1.54) is 0 Å². The fourth-order valence-corrected chi connectivity index (χ4v) is 3.16. The van der Waals surface area contributed by atoms with Gasteiger partial charge in [-0.15, -0.1) is 12.6 Å². The number of anilines is 1. The van der Waals surface area contributed by atoms with Gasteiger partial charge < -0.3 is 14.6 Å². The van der Waals surface area contributed by atoms with Crippen molar-refractivity contribution in [2.24, 2.45) is 0 Å². The van der Waals surface area contributed by atoms with E-state index in [2.05, 4.69) is 17.9 Å². The van der Waals surface area contributed by atoms with E-state index >= 15 is 0 Å². The van der Waals surface area contributed by atoms with Crippen LogP contribution in [0.4, 0.5) is 5.69 Å².